The number of anilines is 4. The lowest BCUT2D eigenvalue weighted by atomic mass is 10.1. The van der Waals surface area contributed by atoms with Crippen LogP contribution in [0.15, 0.2) is 136 Å². The van der Waals surface area contributed by atoms with Crippen LogP contribution in [0.2, 0.25) is 5.28 Å². The summed E-state index contributed by atoms with van der Waals surface area (Å²) in [5, 5.41) is 25.2. The minimum Gasteiger partial charge on any atom is -0.491 e. The number of allylic oxidation sites excluding steroid dienone is 1. The topological polar surface area (TPSA) is 259 Å². The fourth-order valence-corrected chi connectivity index (χ4v) is 9.16. The number of thiophene rings is 1. The molecule has 432 valence electrons. The predicted octanol–water partition coefficient (Wildman–Crippen LogP) is 13.9. The second-order valence-corrected chi connectivity index (χ2v) is 22.0. The van der Waals surface area contributed by atoms with E-state index in [1.807, 2.05) is 108 Å². The first kappa shape index (κ1) is 65.7. The lowest BCUT2D eigenvalue weighted by molar-refractivity contribution is 0.0522. The summed E-state index contributed by atoms with van der Waals surface area (Å²) >= 11 is 13.8. The van der Waals surface area contributed by atoms with E-state index in [-0.39, 0.29) is 23.5 Å². The lowest BCUT2D eigenvalue weighted by Gasteiger charge is -2.19. The van der Waals surface area contributed by atoms with E-state index in [0.29, 0.717) is 45.3 Å². The second kappa shape index (κ2) is 31.9. The number of methoxy groups -OCH3 is 1. The molecule has 1 atom stereocenters. The van der Waals surface area contributed by atoms with Crippen LogP contribution in [0.5, 0.6) is 5.75 Å². The maximum atomic E-state index is 12.2. The first-order valence-electron chi connectivity index (χ1n) is 25.3. The Balaban J connectivity index is 0.000000193. The molecule has 7 heterocycles. The Morgan fingerprint density at radius 3 is 2.22 bits per heavy atom. The summed E-state index contributed by atoms with van der Waals surface area (Å²) in [4.78, 5) is 57.9. The van der Waals surface area contributed by atoms with Crippen molar-refractivity contribution in [1.82, 2.24) is 40.0 Å². The van der Waals surface area contributed by atoms with Crippen LogP contribution < -0.4 is 26.4 Å². The number of aromatic carboxylic acids is 1. The van der Waals surface area contributed by atoms with Crippen LogP contribution in [0.25, 0.3) is 37.5 Å². The summed E-state index contributed by atoms with van der Waals surface area (Å²) < 4.78 is 19.8. The largest absolute Gasteiger partial charge is 0.491 e. The molecule has 0 saturated carbocycles. The Labute approximate surface area is 507 Å². The monoisotopic (exact) mass is 1300 g/mol. The number of fused-ring (bicyclic) bond motifs is 3. The van der Waals surface area contributed by atoms with Crippen molar-refractivity contribution in [2.45, 2.75) is 59.6 Å². The van der Waals surface area contributed by atoms with Crippen LogP contribution >= 0.6 is 67.2 Å². The van der Waals surface area contributed by atoms with E-state index in [0.717, 1.165) is 90.6 Å². The maximum absolute atomic E-state index is 12.2. The number of ether oxygens (including phenoxy) is 3. The molecule has 0 spiro atoms. The number of aryl methyl sites for hydroxylation is 1. The molecule has 82 heavy (non-hydrogen) atoms. The Hall–Kier alpha value is -7.15. The molecule has 1 fully saturated rings. The molecule has 2 aliphatic rings. The third-order valence-electron chi connectivity index (χ3n) is 11.2. The highest BCUT2D eigenvalue weighted by atomic mass is 79.9. The number of ketones is 1. The molecule has 9 aromatic rings. The van der Waals surface area contributed by atoms with Crippen molar-refractivity contribution in [2.24, 2.45) is 10.7 Å². The summed E-state index contributed by atoms with van der Waals surface area (Å²) in [5.41, 5.74) is 11.2. The Morgan fingerprint density at radius 2 is 1.62 bits per heavy atom. The number of carboxylic acid groups (broad SMARTS) is 1. The minimum atomic E-state index is -0.864. The van der Waals surface area contributed by atoms with Gasteiger partial charge >= 0.3 is 12.1 Å². The van der Waals surface area contributed by atoms with E-state index in [1.54, 1.807) is 50.8 Å². The van der Waals surface area contributed by atoms with Gasteiger partial charge in [-0.05, 0) is 149 Å². The van der Waals surface area contributed by atoms with Gasteiger partial charge in [-0.2, -0.15) is 9.78 Å². The number of aliphatic imine (C=N–C) groups is 1. The van der Waals surface area contributed by atoms with Crippen molar-refractivity contribution >= 4 is 152 Å². The Morgan fingerprint density at radius 1 is 0.915 bits per heavy atom. The predicted molar refractivity (Wildman–Crippen MR) is 339 cm³/mol. The van der Waals surface area contributed by atoms with Crippen LogP contribution in [-0.2, 0) is 9.47 Å². The molecular weight excluding hydrogens is 1240 g/mol. The fourth-order valence-electron chi connectivity index (χ4n) is 7.19. The van der Waals surface area contributed by atoms with E-state index in [1.165, 1.54) is 16.0 Å². The van der Waals surface area contributed by atoms with Crippen LogP contribution in [0, 0.1) is 6.92 Å². The number of H-pyrrole nitrogens is 1. The number of aromatic nitrogens is 7. The van der Waals surface area contributed by atoms with E-state index >= 15 is 0 Å². The number of nitrogens with zero attached hydrogens (tertiary/aromatic N) is 7. The molecular formula is C58H64Br2Cl2N12O7S. The number of benzene rings is 4. The highest BCUT2D eigenvalue weighted by Gasteiger charge is 2.20. The summed E-state index contributed by atoms with van der Waals surface area (Å²) in [6.07, 6.45) is 9.38. The fraction of sp³-hybridized carbons (Fsp3) is 0.259. The Kier molecular flexibility index (Phi) is 25.5. The van der Waals surface area contributed by atoms with Gasteiger partial charge in [0.05, 0.1) is 43.9 Å². The number of hydrogen-bond donors (Lipinski definition) is 6. The molecule has 4 aromatic carbocycles. The van der Waals surface area contributed by atoms with Crippen molar-refractivity contribution in [3.05, 3.63) is 158 Å². The minimum absolute atomic E-state index is 0. The van der Waals surface area contributed by atoms with Gasteiger partial charge in [-0.3, -0.25) is 9.79 Å². The molecule has 0 bridgehead atoms. The number of aromatic amines is 1. The number of nitrogens with one attached hydrogen (secondary N) is 4. The van der Waals surface area contributed by atoms with Crippen molar-refractivity contribution in [1.29, 1.82) is 0 Å². The van der Waals surface area contributed by atoms with E-state index in [9.17, 15) is 14.4 Å². The van der Waals surface area contributed by atoms with Gasteiger partial charge in [-0.1, -0.05) is 69.1 Å². The molecule has 11 rings (SSSR count). The number of nitrogens with two attached hydrogens (primary N) is 1. The van der Waals surface area contributed by atoms with Crippen LogP contribution in [-0.4, -0.2) is 116 Å². The highest BCUT2D eigenvalue weighted by Crippen LogP contribution is 2.29. The molecule has 1 unspecified atom stereocenters. The van der Waals surface area contributed by atoms with Gasteiger partial charge < -0.3 is 46.0 Å². The molecule has 24 heteroatoms. The normalized spacial score (nSPS) is 13.0. The van der Waals surface area contributed by atoms with Gasteiger partial charge in [0.2, 0.25) is 5.28 Å². The summed E-state index contributed by atoms with van der Waals surface area (Å²) in [7, 11) is 3.54. The third kappa shape index (κ3) is 20.4. The van der Waals surface area contributed by atoms with Crippen molar-refractivity contribution in [3.63, 3.8) is 0 Å². The smallest absolute Gasteiger partial charge is 0.435 e. The zero-order chi connectivity index (χ0) is 58.6. The molecule has 2 aliphatic heterocycles. The number of rotatable bonds is 9. The van der Waals surface area contributed by atoms with Gasteiger partial charge in [0.1, 0.15) is 22.1 Å². The summed E-state index contributed by atoms with van der Waals surface area (Å²) in [6, 6.07) is 30.8. The highest BCUT2D eigenvalue weighted by molar-refractivity contribution is 9.10. The van der Waals surface area contributed by atoms with Gasteiger partial charge in [0, 0.05) is 73.3 Å². The first-order chi connectivity index (χ1) is 38.7. The van der Waals surface area contributed by atoms with Gasteiger partial charge in [0.25, 0.3) is 0 Å². The summed E-state index contributed by atoms with van der Waals surface area (Å²) in [6.45, 7) is 14.4. The number of Topliss-reactive ketones (excluding diaryl/α,β-unsaturated/α-hetero) is 1. The molecule has 19 nitrogen and oxygen atoms in total. The lowest BCUT2D eigenvalue weighted by Crippen LogP contribution is -2.27. The summed E-state index contributed by atoms with van der Waals surface area (Å²) in [5.74, 6) is 1.76. The SMILES string of the molecule is CC(=O)c1cc2ccc(Br)cc2[nH]1.CC(C)(C)OC(=O)n1ncc2cc(Nc3ccnc(Cl)n3)ccc21.CCNC.COc1cnc(C)nc1Nc1ccc(C2=CCN=C2)cc1.Cl.NC1CCOC1.O=C(O)c1cc2ccc(Br)cc2s1. The maximum Gasteiger partial charge on any atom is 0.435 e. The zero-order valence-electron chi connectivity index (χ0n) is 46.3. The van der Waals surface area contributed by atoms with Gasteiger partial charge in [-0.15, -0.1) is 23.7 Å². The van der Waals surface area contributed by atoms with Gasteiger partial charge in [0.15, 0.2) is 17.4 Å². The van der Waals surface area contributed by atoms with Crippen LogP contribution in [0.3, 0.4) is 0 Å². The average Bonchev–Trinajstić information content (AvgIpc) is 4.45. The number of halogens is 4. The standard InChI is InChI=1S/C16H16ClN5O2.C16H16N4O.C10H8BrNO.C9H5BrO2S.C4H9NO.C3H9N.ClH/c1-16(2,3)24-15(23)22-12-5-4-11(8-10(12)9-19-22)20-13-6-7-18-14(17)21-13;1-11-18-10-15(21-2)16(19-11)20-14-5-3-12(4-6-14)13-7-8-17-9-13;1-6(13)9-4-7-2-3-8(11)5-10(7)12-9;10-6-2-1-5-3-8(9(11)12)13-7(5)4-6;5-4-1-2-6-3-4;1-3-4-2;/h4-9H,1-3H3,(H,18,20,21);3-7,9-10H,8H2,1-2H3,(H,18,19,20);2-5,12H,1H3;1-4H,(H,11,12);4H,1-3,5H2;4H,3H2,1-2H3;1H. The number of carbonyl (C=O) groups is 3. The third-order valence-corrected chi connectivity index (χ3v) is 13.5. The van der Waals surface area contributed by atoms with E-state index in [4.69, 9.17) is 36.7 Å². The molecule has 5 aromatic heterocycles. The first-order valence-corrected chi connectivity index (χ1v) is 28.1. The molecule has 0 amide bonds. The molecule has 0 radical (unpaired) electrons. The number of carbonyl (C=O) groups excluding carboxylic acids is 2. The molecule has 7 N–H and O–H groups in total. The number of carboxylic acids is 1. The van der Waals surface area contributed by atoms with E-state index < -0.39 is 17.7 Å². The zero-order valence-corrected chi connectivity index (χ0v) is 51.9. The quantitative estimate of drug-likeness (QED) is 0.0580. The van der Waals surface area contributed by atoms with Crippen molar-refractivity contribution < 1.29 is 33.7 Å². The van der Waals surface area contributed by atoms with Crippen LogP contribution in [0.4, 0.5) is 27.8 Å². The number of hydrogen-bond acceptors (Lipinski definition) is 17. The van der Waals surface area contributed by atoms with Crippen molar-refractivity contribution in [3.8, 4) is 5.75 Å². The van der Waals surface area contributed by atoms with Crippen LogP contribution in [0.1, 0.15) is 72.6 Å². The second-order valence-electron chi connectivity index (χ2n) is 18.7. The van der Waals surface area contributed by atoms with Gasteiger partial charge in [-0.25, -0.2) is 29.5 Å². The van der Waals surface area contributed by atoms with Crippen molar-refractivity contribution in [2.75, 3.05) is 51.1 Å². The molecule has 1 saturated heterocycles. The average molecular weight is 1300 g/mol. The molecule has 0 aliphatic carbocycles. The Bertz CT molecular complexity index is 3550. The van der Waals surface area contributed by atoms with E-state index in [2.05, 4.69) is 108 Å².